The van der Waals surface area contributed by atoms with E-state index >= 15 is 0 Å². The standard InChI is InChI=1S/C5H7O3.3C4H9.Sn/c1-3-4-8-5(6)7-2;3*1-3-4-2;/h1,4H2,2H3;3*1,3-4H2,2H3;. The number of ether oxygens (including phenoxy) is 2. The van der Waals surface area contributed by atoms with Gasteiger partial charge in [-0.25, -0.2) is 0 Å². The molecule has 0 saturated heterocycles. The average Bonchev–Trinajstić information content (AvgIpc) is 2.51. The minimum absolute atomic E-state index is 0.375. The van der Waals surface area contributed by atoms with E-state index < -0.39 is 24.5 Å². The van der Waals surface area contributed by atoms with Crippen molar-refractivity contribution in [3.8, 4) is 0 Å². The van der Waals surface area contributed by atoms with Crippen molar-refractivity contribution in [1.82, 2.24) is 0 Å². The predicted octanol–water partition coefficient (Wildman–Crippen LogP) is 5.71. The Bertz CT molecular complexity index is 281. The first-order valence-corrected chi connectivity index (χ1v) is 15.9. The number of unbranched alkanes of at least 4 members (excludes halogenated alkanes) is 3. The molecule has 0 amide bonds. The fraction of sp³-hybridized carbons (Fsp3) is 0.824. The molecule has 0 aliphatic carbocycles. The second-order valence-corrected chi connectivity index (χ2v) is 19.5. The number of methoxy groups -OCH3 is 1. The van der Waals surface area contributed by atoms with E-state index in [-0.39, 0.29) is 0 Å². The molecule has 0 atom stereocenters. The molecular formula is C17H34O3Sn. The van der Waals surface area contributed by atoms with Crippen LogP contribution in [0.1, 0.15) is 59.3 Å². The van der Waals surface area contributed by atoms with E-state index in [2.05, 4.69) is 32.1 Å². The second kappa shape index (κ2) is 12.4. The summed E-state index contributed by atoms with van der Waals surface area (Å²) in [4.78, 5) is 11.2. The monoisotopic (exact) mass is 406 g/mol. The van der Waals surface area contributed by atoms with Gasteiger partial charge >= 0.3 is 135 Å². The average molecular weight is 405 g/mol. The van der Waals surface area contributed by atoms with Crippen LogP contribution in [0.4, 0.5) is 4.79 Å². The Morgan fingerprint density at radius 1 is 0.952 bits per heavy atom. The van der Waals surface area contributed by atoms with Gasteiger partial charge in [-0.2, -0.15) is 0 Å². The number of rotatable bonds is 12. The van der Waals surface area contributed by atoms with E-state index in [1.807, 2.05) is 0 Å². The maximum atomic E-state index is 11.2. The molecule has 0 N–H and O–H groups in total. The Hall–Kier alpha value is -0.191. The molecule has 0 unspecified atom stereocenters. The van der Waals surface area contributed by atoms with Crippen molar-refractivity contribution in [2.24, 2.45) is 0 Å². The van der Waals surface area contributed by atoms with Crippen LogP contribution in [0.25, 0.3) is 0 Å². The Balaban J connectivity index is 4.90. The molecule has 0 aromatic carbocycles. The molecule has 0 bridgehead atoms. The van der Waals surface area contributed by atoms with Crippen molar-refractivity contribution in [3.63, 3.8) is 0 Å². The molecule has 0 saturated carbocycles. The van der Waals surface area contributed by atoms with Gasteiger partial charge in [0.25, 0.3) is 0 Å². The summed E-state index contributed by atoms with van der Waals surface area (Å²) >= 11 is -2.43. The summed E-state index contributed by atoms with van der Waals surface area (Å²) in [6.45, 7) is 11.5. The zero-order chi connectivity index (χ0) is 16.1. The van der Waals surface area contributed by atoms with Gasteiger partial charge in [0.1, 0.15) is 0 Å². The molecule has 3 nitrogen and oxygen atoms in total. The summed E-state index contributed by atoms with van der Waals surface area (Å²) in [7, 11) is 1.35. The molecule has 0 radical (unpaired) electrons. The van der Waals surface area contributed by atoms with Gasteiger partial charge in [0.15, 0.2) is 0 Å². The third-order valence-electron chi connectivity index (χ3n) is 4.31. The molecule has 0 spiro atoms. The molecule has 0 heterocycles. The predicted molar refractivity (Wildman–Crippen MR) is 92.4 cm³/mol. The SMILES string of the molecule is C=[C](COC(=O)OC)[Sn]([CH2]CCC)([CH2]CCC)[CH2]CCC. The summed E-state index contributed by atoms with van der Waals surface area (Å²) in [6.07, 6.45) is 7.01. The van der Waals surface area contributed by atoms with E-state index in [1.165, 1.54) is 62.5 Å². The fourth-order valence-corrected chi connectivity index (χ4v) is 17.9. The molecule has 0 aromatic rings. The normalized spacial score (nSPS) is 11.2. The van der Waals surface area contributed by atoms with Crippen LogP contribution in [0.15, 0.2) is 10.2 Å². The van der Waals surface area contributed by atoms with E-state index in [0.717, 1.165) is 0 Å². The quantitative estimate of drug-likeness (QED) is 0.308. The Kier molecular flexibility index (Phi) is 12.2. The number of hydrogen-bond acceptors (Lipinski definition) is 3. The molecule has 0 fully saturated rings. The number of hydrogen-bond donors (Lipinski definition) is 0. The Labute approximate surface area is 135 Å². The van der Waals surface area contributed by atoms with Gasteiger partial charge in [0, 0.05) is 0 Å². The minimum atomic E-state index is -2.43. The van der Waals surface area contributed by atoms with Crippen molar-refractivity contribution in [2.75, 3.05) is 13.7 Å². The molecule has 124 valence electrons. The second-order valence-electron chi connectivity index (χ2n) is 5.94. The van der Waals surface area contributed by atoms with Crippen LogP contribution in [0.3, 0.4) is 0 Å². The molecule has 21 heavy (non-hydrogen) atoms. The van der Waals surface area contributed by atoms with Gasteiger partial charge < -0.3 is 0 Å². The molecule has 0 aliphatic heterocycles. The maximum absolute atomic E-state index is 11.2. The Morgan fingerprint density at radius 3 is 1.71 bits per heavy atom. The van der Waals surface area contributed by atoms with Crippen molar-refractivity contribution in [1.29, 1.82) is 0 Å². The van der Waals surface area contributed by atoms with Crippen LogP contribution in [-0.4, -0.2) is 38.2 Å². The molecule has 4 heteroatoms. The van der Waals surface area contributed by atoms with Crippen molar-refractivity contribution < 1.29 is 14.3 Å². The molecule has 0 aliphatic rings. The van der Waals surface area contributed by atoms with Crippen LogP contribution in [-0.2, 0) is 9.47 Å². The van der Waals surface area contributed by atoms with Crippen LogP contribution < -0.4 is 0 Å². The van der Waals surface area contributed by atoms with Gasteiger partial charge in [-0.05, 0) is 0 Å². The summed E-state index contributed by atoms with van der Waals surface area (Å²) in [5.74, 6) is 0. The van der Waals surface area contributed by atoms with E-state index in [4.69, 9.17) is 4.74 Å². The fourth-order valence-electron chi connectivity index (χ4n) is 2.81. The van der Waals surface area contributed by atoms with Gasteiger partial charge in [0.2, 0.25) is 0 Å². The van der Waals surface area contributed by atoms with E-state index in [0.29, 0.717) is 6.61 Å². The topological polar surface area (TPSA) is 35.5 Å². The van der Waals surface area contributed by atoms with Gasteiger partial charge in [-0.15, -0.1) is 0 Å². The number of carbonyl (C=O) groups is 1. The van der Waals surface area contributed by atoms with E-state index in [1.54, 1.807) is 0 Å². The zero-order valence-corrected chi connectivity index (χ0v) is 17.4. The van der Waals surface area contributed by atoms with Gasteiger partial charge in [0.05, 0.1) is 0 Å². The first kappa shape index (κ1) is 20.8. The third-order valence-corrected chi connectivity index (χ3v) is 20.2. The summed E-state index contributed by atoms with van der Waals surface area (Å²) < 4.78 is 15.1. The van der Waals surface area contributed by atoms with Gasteiger partial charge in [-0.3, -0.25) is 0 Å². The summed E-state index contributed by atoms with van der Waals surface area (Å²) in [5.41, 5.74) is 0. The zero-order valence-electron chi connectivity index (χ0n) is 14.5. The van der Waals surface area contributed by atoms with E-state index in [9.17, 15) is 4.79 Å². The van der Waals surface area contributed by atoms with Crippen LogP contribution >= 0.6 is 0 Å². The third kappa shape index (κ3) is 8.12. The van der Waals surface area contributed by atoms with Crippen molar-refractivity contribution >= 4 is 24.5 Å². The number of carbonyl (C=O) groups excluding carboxylic acids is 1. The summed E-state index contributed by atoms with van der Waals surface area (Å²) in [6, 6.07) is 0. The van der Waals surface area contributed by atoms with Crippen molar-refractivity contribution in [3.05, 3.63) is 10.2 Å². The van der Waals surface area contributed by atoms with Crippen LogP contribution in [0, 0.1) is 0 Å². The molecule has 0 rings (SSSR count). The molecule has 0 aromatic heterocycles. The van der Waals surface area contributed by atoms with Crippen molar-refractivity contribution in [2.45, 2.75) is 72.6 Å². The van der Waals surface area contributed by atoms with Crippen LogP contribution in [0.2, 0.25) is 13.3 Å². The summed E-state index contributed by atoms with van der Waals surface area (Å²) in [5, 5.41) is 0. The Morgan fingerprint density at radius 2 is 1.38 bits per heavy atom. The van der Waals surface area contributed by atoms with Crippen LogP contribution in [0.5, 0.6) is 0 Å². The first-order valence-electron chi connectivity index (χ1n) is 8.45. The van der Waals surface area contributed by atoms with Gasteiger partial charge in [-0.1, -0.05) is 0 Å². The first-order chi connectivity index (χ1) is 10.1. The molecular weight excluding hydrogens is 371 g/mol.